The number of esters is 1. The number of benzene rings is 3. The highest BCUT2D eigenvalue weighted by Crippen LogP contribution is 2.36. The molecule has 1 amide bonds. The molecule has 1 N–H and O–H groups in total. The van der Waals surface area contributed by atoms with Gasteiger partial charge in [-0.3, -0.25) is 14.9 Å². The first-order valence-electron chi connectivity index (χ1n) is 10.2. The van der Waals surface area contributed by atoms with E-state index in [-0.39, 0.29) is 17.9 Å². The number of rotatable bonds is 8. The van der Waals surface area contributed by atoms with Crippen molar-refractivity contribution in [3.63, 3.8) is 0 Å². The fraction of sp³-hybridized carbons (Fsp3) is 0.0800. The van der Waals surface area contributed by atoms with Gasteiger partial charge in [-0.1, -0.05) is 0 Å². The summed E-state index contributed by atoms with van der Waals surface area (Å²) in [5.41, 5.74) is 1.90. The fourth-order valence-electron chi connectivity index (χ4n) is 2.99. The van der Waals surface area contributed by atoms with Crippen molar-refractivity contribution < 1.29 is 24.0 Å². The lowest BCUT2D eigenvalue weighted by Crippen LogP contribution is -2.13. The van der Waals surface area contributed by atoms with Crippen LogP contribution in [0, 0.1) is 21.4 Å². The lowest BCUT2D eigenvalue weighted by atomic mass is 10.1. The van der Waals surface area contributed by atoms with Crippen LogP contribution in [0.1, 0.15) is 21.5 Å². The minimum Gasteiger partial charge on any atom is -0.487 e. The van der Waals surface area contributed by atoms with Crippen molar-refractivity contribution in [2.24, 2.45) is 0 Å². The third kappa shape index (κ3) is 6.78. The first kappa shape index (κ1) is 26.6. The van der Waals surface area contributed by atoms with Crippen molar-refractivity contribution >= 4 is 61.2 Å². The maximum atomic E-state index is 12.6. The number of nitro benzene ring substituents is 1. The molecule has 0 unspecified atom stereocenters. The lowest BCUT2D eigenvalue weighted by Gasteiger charge is -2.12. The van der Waals surface area contributed by atoms with E-state index in [1.807, 2.05) is 6.07 Å². The number of carbonyl (C=O) groups excluding carboxylic acids is 2. The number of ether oxygens (including phenoxy) is 2. The van der Waals surface area contributed by atoms with Gasteiger partial charge in [0, 0.05) is 17.8 Å². The molecule has 0 fully saturated rings. The van der Waals surface area contributed by atoms with E-state index in [9.17, 15) is 25.0 Å². The minimum atomic E-state index is -0.617. The summed E-state index contributed by atoms with van der Waals surface area (Å²) >= 11 is 6.87. The van der Waals surface area contributed by atoms with Crippen LogP contribution >= 0.6 is 31.9 Å². The first-order valence-corrected chi connectivity index (χ1v) is 11.8. The molecule has 0 heterocycles. The topological polar surface area (TPSA) is 132 Å². The molecule has 3 aromatic carbocycles. The molecule has 0 saturated heterocycles. The van der Waals surface area contributed by atoms with Crippen LogP contribution < -0.4 is 10.1 Å². The van der Waals surface area contributed by atoms with Gasteiger partial charge < -0.3 is 14.8 Å². The first-order chi connectivity index (χ1) is 17.2. The Bertz CT molecular complexity index is 1360. The van der Waals surface area contributed by atoms with Gasteiger partial charge in [0.05, 0.1) is 26.5 Å². The second-order valence-corrected chi connectivity index (χ2v) is 8.93. The summed E-state index contributed by atoms with van der Waals surface area (Å²) in [6.45, 7) is 0.172. The summed E-state index contributed by atoms with van der Waals surface area (Å²) in [6.07, 6.45) is 1.42. The van der Waals surface area contributed by atoms with Crippen molar-refractivity contribution in [3.05, 3.63) is 102 Å². The Morgan fingerprint density at radius 2 is 1.69 bits per heavy atom. The number of carbonyl (C=O) groups is 2. The van der Waals surface area contributed by atoms with E-state index in [0.717, 1.165) is 5.56 Å². The van der Waals surface area contributed by atoms with E-state index in [1.165, 1.54) is 49.6 Å². The largest absolute Gasteiger partial charge is 0.487 e. The fourth-order valence-corrected chi connectivity index (χ4v) is 4.44. The van der Waals surface area contributed by atoms with Crippen LogP contribution in [0.2, 0.25) is 0 Å². The third-order valence-corrected chi connectivity index (χ3v) is 5.97. The quantitative estimate of drug-likeness (QED) is 0.108. The summed E-state index contributed by atoms with van der Waals surface area (Å²) in [5.74, 6) is -0.630. The van der Waals surface area contributed by atoms with Crippen molar-refractivity contribution in [1.29, 1.82) is 5.26 Å². The van der Waals surface area contributed by atoms with E-state index in [2.05, 4.69) is 41.9 Å². The number of nitrogens with zero attached hydrogens (tertiary/aromatic N) is 2. The molecule has 182 valence electrons. The summed E-state index contributed by atoms with van der Waals surface area (Å²) in [6, 6.07) is 17.3. The molecule has 3 aromatic rings. The molecule has 11 heteroatoms. The number of hydrogen-bond acceptors (Lipinski definition) is 7. The second kappa shape index (κ2) is 12.1. The molecule has 0 spiro atoms. The third-order valence-electron chi connectivity index (χ3n) is 4.79. The van der Waals surface area contributed by atoms with Gasteiger partial charge in [-0.25, -0.2) is 4.79 Å². The van der Waals surface area contributed by atoms with Gasteiger partial charge in [-0.05, 0) is 97.6 Å². The molecular formula is C25H17Br2N3O6. The predicted octanol–water partition coefficient (Wildman–Crippen LogP) is 6.03. The van der Waals surface area contributed by atoms with Gasteiger partial charge in [0.1, 0.15) is 24.0 Å². The summed E-state index contributed by atoms with van der Waals surface area (Å²) in [7, 11) is 1.27. The molecule has 0 aliphatic rings. The zero-order valence-corrected chi connectivity index (χ0v) is 21.8. The summed E-state index contributed by atoms with van der Waals surface area (Å²) < 4.78 is 11.6. The molecule has 0 radical (unpaired) electrons. The van der Waals surface area contributed by atoms with Crippen LogP contribution in [0.4, 0.5) is 11.4 Å². The number of hydrogen-bond donors (Lipinski definition) is 1. The molecule has 36 heavy (non-hydrogen) atoms. The highest BCUT2D eigenvalue weighted by atomic mass is 79.9. The normalized spacial score (nSPS) is 10.8. The van der Waals surface area contributed by atoms with Gasteiger partial charge in [0.2, 0.25) is 0 Å². The number of nitriles is 1. The maximum Gasteiger partial charge on any atom is 0.337 e. The molecule has 0 saturated carbocycles. The molecule has 9 nitrogen and oxygen atoms in total. The molecule has 0 aliphatic carbocycles. The minimum absolute atomic E-state index is 0.00667. The standard InChI is InChI=1S/C25H17Br2N3O6/c1-35-25(32)17-4-6-19(7-5-17)29-24(31)18(13-28)10-16-11-21(26)23(22(27)12-16)36-14-15-2-8-20(9-3-15)30(33)34/h2-12H,14H2,1H3,(H,29,31)/b18-10+. The molecule has 0 aromatic heterocycles. The molecular weight excluding hydrogens is 598 g/mol. The van der Waals surface area contributed by atoms with Gasteiger partial charge in [0.15, 0.2) is 0 Å². The van der Waals surface area contributed by atoms with E-state index in [0.29, 0.717) is 31.5 Å². The zero-order valence-electron chi connectivity index (χ0n) is 18.7. The Kier molecular flexibility index (Phi) is 8.94. The van der Waals surface area contributed by atoms with E-state index >= 15 is 0 Å². The Labute approximate surface area is 222 Å². The maximum absolute atomic E-state index is 12.6. The number of non-ortho nitro benzene ring substituents is 1. The van der Waals surface area contributed by atoms with Crippen LogP contribution in [-0.4, -0.2) is 23.9 Å². The van der Waals surface area contributed by atoms with Crippen molar-refractivity contribution in [2.45, 2.75) is 6.61 Å². The van der Waals surface area contributed by atoms with Crippen molar-refractivity contribution in [1.82, 2.24) is 0 Å². The Balaban J connectivity index is 1.72. The molecule has 0 atom stereocenters. The predicted molar refractivity (Wildman–Crippen MR) is 139 cm³/mol. The summed E-state index contributed by atoms with van der Waals surface area (Å²) in [4.78, 5) is 34.4. The van der Waals surface area contributed by atoms with Gasteiger partial charge in [0.25, 0.3) is 11.6 Å². The van der Waals surface area contributed by atoms with E-state index < -0.39 is 16.8 Å². The van der Waals surface area contributed by atoms with Crippen LogP contribution in [0.25, 0.3) is 6.08 Å². The van der Waals surface area contributed by atoms with E-state index in [4.69, 9.17) is 4.74 Å². The average Bonchev–Trinajstić information content (AvgIpc) is 2.87. The molecule has 3 rings (SSSR count). The molecule has 0 bridgehead atoms. The number of halogens is 2. The zero-order chi connectivity index (χ0) is 26.2. The SMILES string of the molecule is COC(=O)c1ccc(NC(=O)/C(C#N)=C/c2cc(Br)c(OCc3ccc([N+](=O)[O-])cc3)c(Br)c2)cc1. The number of nitro groups is 1. The highest BCUT2D eigenvalue weighted by Gasteiger charge is 2.14. The van der Waals surface area contributed by atoms with Crippen molar-refractivity contribution in [3.8, 4) is 11.8 Å². The van der Waals surface area contributed by atoms with Crippen molar-refractivity contribution in [2.75, 3.05) is 12.4 Å². The number of methoxy groups -OCH3 is 1. The highest BCUT2D eigenvalue weighted by molar-refractivity contribution is 9.11. The lowest BCUT2D eigenvalue weighted by molar-refractivity contribution is -0.384. The van der Waals surface area contributed by atoms with Gasteiger partial charge in [-0.15, -0.1) is 0 Å². The smallest absolute Gasteiger partial charge is 0.337 e. The second-order valence-electron chi connectivity index (χ2n) is 7.22. The summed E-state index contributed by atoms with van der Waals surface area (Å²) in [5, 5.41) is 22.9. The molecule has 0 aliphatic heterocycles. The van der Waals surface area contributed by atoms with Crippen LogP contribution in [0.5, 0.6) is 5.75 Å². The Morgan fingerprint density at radius 1 is 1.08 bits per heavy atom. The van der Waals surface area contributed by atoms with Crippen LogP contribution in [-0.2, 0) is 16.1 Å². The van der Waals surface area contributed by atoms with Crippen LogP contribution in [0.3, 0.4) is 0 Å². The van der Waals surface area contributed by atoms with E-state index in [1.54, 1.807) is 24.3 Å². The average molecular weight is 615 g/mol. The Hall–Kier alpha value is -4.01. The monoisotopic (exact) mass is 613 g/mol. The van der Waals surface area contributed by atoms with Gasteiger partial charge >= 0.3 is 5.97 Å². The number of amides is 1. The van der Waals surface area contributed by atoms with Crippen LogP contribution in [0.15, 0.2) is 75.2 Å². The number of anilines is 1. The van der Waals surface area contributed by atoms with Gasteiger partial charge in [-0.2, -0.15) is 5.26 Å². The Morgan fingerprint density at radius 3 is 2.22 bits per heavy atom. The number of nitrogens with one attached hydrogen (secondary N) is 1.